The van der Waals surface area contributed by atoms with Crippen molar-refractivity contribution in [1.29, 1.82) is 0 Å². The van der Waals surface area contributed by atoms with Gasteiger partial charge in [-0.3, -0.25) is 0 Å². The van der Waals surface area contributed by atoms with Crippen LogP contribution in [0.3, 0.4) is 0 Å². The number of ether oxygens (including phenoxy) is 1. The molecule has 0 aliphatic carbocycles. The highest BCUT2D eigenvalue weighted by molar-refractivity contribution is 7.98. The Labute approximate surface area is 191 Å². The Hall–Kier alpha value is -2.26. The molecule has 4 aromatic rings. The minimum absolute atomic E-state index is 0.244. The molecule has 0 unspecified atom stereocenters. The largest absolute Gasteiger partial charge is 0.484 e. The van der Waals surface area contributed by atoms with E-state index in [9.17, 15) is 0 Å². The molecule has 0 N–H and O–H groups in total. The molecule has 2 heterocycles. The van der Waals surface area contributed by atoms with Crippen LogP contribution in [0.2, 0.25) is 15.1 Å². The second kappa shape index (κ2) is 9.26. The number of hydrogen-bond donors (Lipinski definition) is 0. The van der Waals surface area contributed by atoms with Crippen molar-refractivity contribution in [3.63, 3.8) is 0 Å². The molecule has 0 atom stereocenters. The molecule has 0 bridgehead atoms. The molecule has 0 aliphatic rings. The third kappa shape index (κ3) is 4.73. The van der Waals surface area contributed by atoms with Gasteiger partial charge in [0.2, 0.25) is 11.8 Å². The van der Waals surface area contributed by atoms with E-state index in [1.54, 1.807) is 30.3 Å². The van der Waals surface area contributed by atoms with Gasteiger partial charge in [-0.15, -0.1) is 20.4 Å². The maximum Gasteiger partial charge on any atom is 0.249 e. The van der Waals surface area contributed by atoms with Crippen molar-refractivity contribution in [2.45, 2.75) is 17.5 Å². The maximum absolute atomic E-state index is 6.19. The second-order valence-corrected chi connectivity index (χ2v) is 8.28. The van der Waals surface area contributed by atoms with Crippen molar-refractivity contribution < 1.29 is 9.15 Å². The highest BCUT2D eigenvalue weighted by Crippen LogP contribution is 2.30. The van der Waals surface area contributed by atoms with Crippen LogP contribution in [0.5, 0.6) is 5.75 Å². The number of benzene rings is 2. The molecule has 0 saturated carbocycles. The van der Waals surface area contributed by atoms with Gasteiger partial charge in [0.1, 0.15) is 12.4 Å². The molecule has 11 heteroatoms. The van der Waals surface area contributed by atoms with Gasteiger partial charge in [-0.25, -0.2) is 0 Å². The lowest BCUT2D eigenvalue weighted by atomic mass is 10.2. The summed E-state index contributed by atoms with van der Waals surface area (Å²) in [6, 6.07) is 12.4. The molecule has 7 nitrogen and oxygen atoms in total. The molecule has 30 heavy (non-hydrogen) atoms. The first-order chi connectivity index (χ1) is 14.5. The average Bonchev–Trinajstić information content (AvgIpc) is 3.33. The van der Waals surface area contributed by atoms with Gasteiger partial charge in [0.15, 0.2) is 11.0 Å². The molecule has 0 radical (unpaired) electrons. The lowest BCUT2D eigenvalue weighted by molar-refractivity contribution is 0.290. The molecule has 2 aromatic heterocycles. The zero-order valence-corrected chi connectivity index (χ0v) is 18.6. The Morgan fingerprint density at radius 1 is 1.00 bits per heavy atom. The minimum atomic E-state index is 0.244. The first kappa shape index (κ1) is 21.0. The summed E-state index contributed by atoms with van der Waals surface area (Å²) in [5.74, 6) is 2.46. The predicted octanol–water partition coefficient (Wildman–Crippen LogP) is 5.70. The van der Waals surface area contributed by atoms with Crippen molar-refractivity contribution in [3.8, 4) is 17.2 Å². The third-order valence-corrected chi connectivity index (χ3v) is 5.94. The van der Waals surface area contributed by atoms with Gasteiger partial charge in [-0.2, -0.15) is 0 Å². The quantitative estimate of drug-likeness (QED) is 0.313. The molecule has 2 aromatic carbocycles. The molecule has 154 valence electrons. The summed E-state index contributed by atoms with van der Waals surface area (Å²) in [7, 11) is 1.86. The summed E-state index contributed by atoms with van der Waals surface area (Å²) >= 11 is 19.6. The Bertz CT molecular complexity index is 1180. The zero-order valence-electron chi connectivity index (χ0n) is 15.6. The van der Waals surface area contributed by atoms with Crippen LogP contribution in [0, 0.1) is 0 Å². The van der Waals surface area contributed by atoms with E-state index < -0.39 is 0 Å². The molecule has 4 rings (SSSR count). The summed E-state index contributed by atoms with van der Waals surface area (Å²) in [4.78, 5) is 0. The van der Waals surface area contributed by atoms with E-state index in [1.807, 2.05) is 23.7 Å². The monoisotopic (exact) mass is 481 g/mol. The highest BCUT2D eigenvalue weighted by Gasteiger charge is 2.15. The Balaban J connectivity index is 1.39. The summed E-state index contributed by atoms with van der Waals surface area (Å²) in [5, 5.41) is 18.7. The van der Waals surface area contributed by atoms with E-state index in [0.29, 0.717) is 54.9 Å². The van der Waals surface area contributed by atoms with Crippen LogP contribution in [0.15, 0.2) is 52.0 Å². The van der Waals surface area contributed by atoms with E-state index in [-0.39, 0.29) is 6.61 Å². The van der Waals surface area contributed by atoms with Crippen LogP contribution in [-0.4, -0.2) is 25.0 Å². The summed E-state index contributed by atoms with van der Waals surface area (Å²) < 4.78 is 13.3. The highest BCUT2D eigenvalue weighted by atomic mass is 35.5. The van der Waals surface area contributed by atoms with Crippen molar-refractivity contribution in [1.82, 2.24) is 25.0 Å². The van der Waals surface area contributed by atoms with E-state index in [2.05, 4.69) is 20.4 Å². The van der Waals surface area contributed by atoms with Crippen LogP contribution in [0.4, 0.5) is 0 Å². The number of hydrogen-bond acceptors (Lipinski definition) is 7. The van der Waals surface area contributed by atoms with E-state index in [1.165, 1.54) is 11.8 Å². The number of thioether (sulfide) groups is 1. The van der Waals surface area contributed by atoms with Gasteiger partial charge in [-0.05, 0) is 30.3 Å². The van der Waals surface area contributed by atoms with Crippen LogP contribution in [0.25, 0.3) is 11.5 Å². The van der Waals surface area contributed by atoms with Crippen molar-refractivity contribution >= 4 is 46.6 Å². The zero-order chi connectivity index (χ0) is 21.1. The second-order valence-electron chi connectivity index (χ2n) is 6.09. The van der Waals surface area contributed by atoms with Crippen molar-refractivity contribution in [2.24, 2.45) is 7.05 Å². The smallest absolute Gasteiger partial charge is 0.249 e. The van der Waals surface area contributed by atoms with E-state index >= 15 is 0 Å². The number of aromatic nitrogens is 5. The van der Waals surface area contributed by atoms with Crippen molar-refractivity contribution in [2.75, 3.05) is 0 Å². The normalized spacial score (nSPS) is 11.1. The Kier molecular flexibility index (Phi) is 6.48. The Morgan fingerprint density at radius 2 is 1.83 bits per heavy atom. The number of rotatable bonds is 7. The molecule has 0 aliphatic heterocycles. The van der Waals surface area contributed by atoms with Crippen LogP contribution >= 0.6 is 46.6 Å². The summed E-state index contributed by atoms with van der Waals surface area (Å²) in [5.41, 5.74) is 0.627. The molecule has 0 amide bonds. The van der Waals surface area contributed by atoms with Gasteiger partial charge in [0.25, 0.3) is 0 Å². The van der Waals surface area contributed by atoms with Gasteiger partial charge in [0, 0.05) is 12.1 Å². The first-order valence-electron chi connectivity index (χ1n) is 8.67. The SMILES string of the molecule is Cn1c(COc2ccccc2Cl)nnc1SCc1nnc(-c2ccc(Cl)cc2Cl)o1. The third-order valence-electron chi connectivity index (χ3n) is 4.07. The van der Waals surface area contributed by atoms with Crippen LogP contribution in [-0.2, 0) is 19.4 Å². The van der Waals surface area contributed by atoms with Crippen LogP contribution in [0.1, 0.15) is 11.7 Å². The first-order valence-corrected chi connectivity index (χ1v) is 10.8. The van der Waals surface area contributed by atoms with Gasteiger partial charge in [-0.1, -0.05) is 58.7 Å². The molecule has 0 fully saturated rings. The lowest BCUT2D eigenvalue weighted by Crippen LogP contribution is -2.04. The average molecular weight is 483 g/mol. The van der Waals surface area contributed by atoms with Gasteiger partial charge < -0.3 is 13.7 Å². The van der Waals surface area contributed by atoms with Crippen molar-refractivity contribution in [3.05, 3.63) is 69.2 Å². The molecular weight excluding hydrogens is 469 g/mol. The molecule has 0 saturated heterocycles. The van der Waals surface area contributed by atoms with Gasteiger partial charge in [0.05, 0.1) is 21.4 Å². The summed E-state index contributed by atoms with van der Waals surface area (Å²) in [6.07, 6.45) is 0. The maximum atomic E-state index is 6.19. The fourth-order valence-electron chi connectivity index (χ4n) is 2.51. The molecule has 0 spiro atoms. The minimum Gasteiger partial charge on any atom is -0.484 e. The number of nitrogens with zero attached hydrogens (tertiary/aromatic N) is 5. The number of para-hydroxylation sites is 1. The standard InChI is InChI=1S/C19H14Cl3N5O2S/c1-27-16(9-28-15-5-3-2-4-13(15)21)23-26-19(27)30-10-17-24-25-18(29-17)12-7-6-11(20)8-14(12)22/h2-8H,9-10H2,1H3. The Morgan fingerprint density at radius 3 is 2.63 bits per heavy atom. The fraction of sp³-hybridized carbons (Fsp3) is 0.158. The lowest BCUT2D eigenvalue weighted by Gasteiger charge is -2.07. The van der Waals surface area contributed by atoms with Gasteiger partial charge >= 0.3 is 0 Å². The summed E-state index contributed by atoms with van der Waals surface area (Å²) in [6.45, 7) is 0.244. The fourth-order valence-corrected chi connectivity index (χ4v) is 3.96. The topological polar surface area (TPSA) is 78.9 Å². The van der Waals surface area contributed by atoms with E-state index in [4.69, 9.17) is 44.0 Å². The predicted molar refractivity (Wildman–Crippen MR) is 116 cm³/mol. The number of halogens is 3. The van der Waals surface area contributed by atoms with Crippen LogP contribution < -0.4 is 4.74 Å². The van der Waals surface area contributed by atoms with E-state index in [0.717, 1.165) is 0 Å². The molecular formula is C19H14Cl3N5O2S.